The maximum absolute atomic E-state index is 13.8. The second kappa shape index (κ2) is 11.7. The van der Waals surface area contributed by atoms with Crippen LogP contribution in [0.4, 0.5) is 0 Å². The molecule has 3 N–H and O–H groups in total. The highest BCUT2D eigenvalue weighted by atomic mass is 35.5. The van der Waals surface area contributed by atoms with Crippen molar-refractivity contribution >= 4 is 23.3 Å². The number of halogens is 1. The van der Waals surface area contributed by atoms with Crippen molar-refractivity contribution in [2.75, 3.05) is 13.7 Å². The average Bonchev–Trinajstić information content (AvgIpc) is 3.40. The largest absolute Gasteiger partial charge is 0.495 e. The molecule has 3 aromatic rings. The van der Waals surface area contributed by atoms with Gasteiger partial charge in [-0.3, -0.25) is 29.8 Å². The Morgan fingerprint density at radius 2 is 1.92 bits per heavy atom. The Kier molecular flexibility index (Phi) is 8.16. The maximum Gasteiger partial charge on any atom is 0.252 e. The van der Waals surface area contributed by atoms with Gasteiger partial charge in [-0.15, -0.1) is 0 Å². The SMILES string of the molecule is COc1cn(C(Cc2ccccc2)C(=O)NC2CCC3CNNC3C2)c(=O)cc1-c1cc(Cl)ccc1C(C)=O. The number of hydrazine groups is 1. The second-order valence-electron chi connectivity index (χ2n) is 10.4. The van der Waals surface area contributed by atoms with Crippen LogP contribution < -0.4 is 26.5 Å². The monoisotopic (exact) mass is 548 g/mol. The summed E-state index contributed by atoms with van der Waals surface area (Å²) in [6.45, 7) is 2.41. The fraction of sp³-hybridized carbons (Fsp3) is 0.367. The Bertz CT molecular complexity index is 1420. The standard InChI is InChI=1S/C30H33ClN4O4/c1-18(36)23-11-9-21(31)13-24(23)25-15-29(37)35(17-28(25)39-2)27(12-19-6-4-3-5-7-19)30(38)33-22-10-8-20-16-32-34-26(20)14-22/h3-7,9,11,13,15,17,20,22,26-27,32,34H,8,10,12,14,16H2,1-2H3,(H,33,38). The number of fused-ring (bicyclic) bond motifs is 1. The van der Waals surface area contributed by atoms with Gasteiger partial charge in [-0.05, 0) is 61.4 Å². The maximum atomic E-state index is 13.8. The van der Waals surface area contributed by atoms with E-state index in [4.69, 9.17) is 16.3 Å². The Morgan fingerprint density at radius 3 is 2.67 bits per heavy atom. The molecule has 2 fully saturated rings. The molecule has 39 heavy (non-hydrogen) atoms. The van der Waals surface area contributed by atoms with Gasteiger partial charge in [-0.25, -0.2) is 0 Å². The lowest BCUT2D eigenvalue weighted by atomic mass is 9.83. The zero-order chi connectivity index (χ0) is 27.5. The third kappa shape index (κ3) is 5.93. The molecule has 0 bridgehead atoms. The minimum Gasteiger partial charge on any atom is -0.495 e. The molecule has 4 unspecified atom stereocenters. The molecule has 1 aliphatic carbocycles. The third-order valence-corrected chi connectivity index (χ3v) is 8.05. The van der Waals surface area contributed by atoms with Crippen LogP contribution in [0.1, 0.15) is 48.1 Å². The fourth-order valence-corrected chi connectivity index (χ4v) is 5.92. The number of rotatable bonds is 8. The Morgan fingerprint density at radius 1 is 1.13 bits per heavy atom. The molecule has 0 spiro atoms. The molecule has 9 heteroatoms. The summed E-state index contributed by atoms with van der Waals surface area (Å²) < 4.78 is 7.12. The van der Waals surface area contributed by atoms with E-state index in [9.17, 15) is 14.4 Å². The zero-order valence-corrected chi connectivity index (χ0v) is 22.8. The average molecular weight is 549 g/mol. The van der Waals surface area contributed by atoms with Crippen LogP contribution in [0.5, 0.6) is 5.75 Å². The van der Waals surface area contributed by atoms with Crippen LogP contribution in [0.25, 0.3) is 11.1 Å². The molecule has 1 saturated carbocycles. The van der Waals surface area contributed by atoms with E-state index >= 15 is 0 Å². The second-order valence-corrected chi connectivity index (χ2v) is 10.8. The lowest BCUT2D eigenvalue weighted by Crippen LogP contribution is -2.48. The van der Waals surface area contributed by atoms with Gasteiger partial charge in [0.15, 0.2) is 5.78 Å². The highest BCUT2D eigenvalue weighted by Crippen LogP contribution is 2.34. The number of Topliss-reactive ketones (excluding diaryl/α,β-unsaturated/α-hetero) is 1. The Balaban J connectivity index is 1.51. The predicted octanol–water partition coefficient (Wildman–Crippen LogP) is 3.93. The van der Waals surface area contributed by atoms with E-state index in [1.807, 2.05) is 30.3 Å². The van der Waals surface area contributed by atoms with E-state index in [-0.39, 0.29) is 23.3 Å². The first-order valence-electron chi connectivity index (χ1n) is 13.3. The number of aromatic nitrogens is 1. The van der Waals surface area contributed by atoms with E-state index in [1.54, 1.807) is 24.4 Å². The number of benzene rings is 2. The quantitative estimate of drug-likeness (QED) is 0.369. The first-order valence-corrected chi connectivity index (χ1v) is 13.7. The predicted molar refractivity (Wildman–Crippen MR) is 151 cm³/mol. The number of ketones is 1. The number of amides is 1. The molecule has 1 aromatic heterocycles. The highest BCUT2D eigenvalue weighted by molar-refractivity contribution is 6.31. The normalized spacial score (nSPS) is 21.2. The number of carbonyl (C=O) groups is 2. The zero-order valence-electron chi connectivity index (χ0n) is 22.1. The van der Waals surface area contributed by atoms with Crippen LogP contribution in [0.2, 0.25) is 5.02 Å². The molecule has 5 rings (SSSR count). The van der Waals surface area contributed by atoms with Gasteiger partial charge in [0.2, 0.25) is 5.91 Å². The van der Waals surface area contributed by atoms with Crippen molar-refractivity contribution in [2.45, 2.75) is 50.7 Å². The molecule has 0 radical (unpaired) electrons. The fourth-order valence-electron chi connectivity index (χ4n) is 5.75. The molecular weight excluding hydrogens is 516 g/mol. The van der Waals surface area contributed by atoms with Gasteiger partial charge in [0, 0.05) is 47.3 Å². The minimum atomic E-state index is -0.790. The Hall–Kier alpha value is -3.46. The number of nitrogens with one attached hydrogen (secondary N) is 3. The van der Waals surface area contributed by atoms with Crippen molar-refractivity contribution in [1.29, 1.82) is 0 Å². The summed E-state index contributed by atoms with van der Waals surface area (Å²) in [4.78, 5) is 39.7. The summed E-state index contributed by atoms with van der Waals surface area (Å²) in [6.07, 6.45) is 4.66. The van der Waals surface area contributed by atoms with Crippen molar-refractivity contribution in [3.8, 4) is 16.9 Å². The summed E-state index contributed by atoms with van der Waals surface area (Å²) in [5.41, 5.74) is 8.49. The number of pyridine rings is 1. The van der Waals surface area contributed by atoms with Gasteiger partial charge in [0.1, 0.15) is 11.8 Å². The molecular formula is C30H33ClN4O4. The summed E-state index contributed by atoms with van der Waals surface area (Å²) in [6, 6.07) is 15.5. The van der Waals surface area contributed by atoms with Gasteiger partial charge >= 0.3 is 0 Å². The van der Waals surface area contributed by atoms with Crippen molar-refractivity contribution in [1.82, 2.24) is 20.7 Å². The molecule has 1 amide bonds. The molecule has 1 saturated heterocycles. The van der Waals surface area contributed by atoms with Crippen molar-refractivity contribution in [3.05, 3.63) is 87.3 Å². The molecule has 2 heterocycles. The third-order valence-electron chi connectivity index (χ3n) is 7.82. The van der Waals surface area contributed by atoms with E-state index in [2.05, 4.69) is 16.2 Å². The van der Waals surface area contributed by atoms with E-state index in [0.717, 1.165) is 31.4 Å². The van der Waals surface area contributed by atoms with E-state index in [0.29, 0.717) is 45.8 Å². The summed E-state index contributed by atoms with van der Waals surface area (Å²) >= 11 is 6.25. The number of carbonyl (C=O) groups excluding carboxylic acids is 2. The molecule has 2 aromatic carbocycles. The summed E-state index contributed by atoms with van der Waals surface area (Å²) in [7, 11) is 1.50. The smallest absolute Gasteiger partial charge is 0.252 e. The van der Waals surface area contributed by atoms with Gasteiger partial charge in [-0.2, -0.15) is 0 Å². The summed E-state index contributed by atoms with van der Waals surface area (Å²) in [5.74, 6) is 0.573. The number of hydrogen-bond donors (Lipinski definition) is 3. The molecule has 8 nitrogen and oxygen atoms in total. The first kappa shape index (κ1) is 27.1. The molecule has 204 valence electrons. The lowest BCUT2D eigenvalue weighted by Gasteiger charge is -2.32. The van der Waals surface area contributed by atoms with Crippen LogP contribution in [0.15, 0.2) is 65.6 Å². The van der Waals surface area contributed by atoms with Crippen LogP contribution in [-0.2, 0) is 11.2 Å². The van der Waals surface area contributed by atoms with Crippen molar-refractivity contribution in [3.63, 3.8) is 0 Å². The first-order chi connectivity index (χ1) is 18.8. The number of nitrogens with zero attached hydrogens (tertiary/aromatic N) is 1. The van der Waals surface area contributed by atoms with Crippen molar-refractivity contribution in [2.24, 2.45) is 5.92 Å². The number of ether oxygens (including phenoxy) is 1. The van der Waals surface area contributed by atoms with Crippen LogP contribution in [-0.4, -0.2) is 42.0 Å². The van der Waals surface area contributed by atoms with Gasteiger partial charge in [-0.1, -0.05) is 41.9 Å². The summed E-state index contributed by atoms with van der Waals surface area (Å²) in [5, 5.41) is 3.66. The van der Waals surface area contributed by atoms with Gasteiger partial charge in [0.05, 0.1) is 13.3 Å². The van der Waals surface area contributed by atoms with Gasteiger partial charge < -0.3 is 10.1 Å². The van der Waals surface area contributed by atoms with Crippen molar-refractivity contribution < 1.29 is 14.3 Å². The van der Waals surface area contributed by atoms with Crippen LogP contribution in [0.3, 0.4) is 0 Å². The highest BCUT2D eigenvalue weighted by Gasteiger charge is 2.35. The molecule has 4 atom stereocenters. The van der Waals surface area contributed by atoms with Gasteiger partial charge in [0.25, 0.3) is 5.56 Å². The minimum absolute atomic E-state index is 0.0193. The topological polar surface area (TPSA) is 101 Å². The Labute approximate surface area is 232 Å². The van der Waals surface area contributed by atoms with Crippen LogP contribution >= 0.6 is 11.6 Å². The lowest BCUT2D eigenvalue weighted by molar-refractivity contribution is -0.125. The van der Waals surface area contributed by atoms with E-state index in [1.165, 1.54) is 24.7 Å². The van der Waals surface area contributed by atoms with Crippen LogP contribution in [0, 0.1) is 5.92 Å². The number of hydrogen-bond acceptors (Lipinski definition) is 6. The molecule has 1 aliphatic heterocycles. The number of methoxy groups -OCH3 is 1. The molecule has 2 aliphatic rings. The van der Waals surface area contributed by atoms with E-state index < -0.39 is 6.04 Å².